The van der Waals surface area contributed by atoms with Crippen LogP contribution in [0.5, 0.6) is 0 Å². The monoisotopic (exact) mass is 432 g/mol. The molecule has 4 aromatic rings. The van der Waals surface area contributed by atoms with Crippen molar-refractivity contribution in [2.75, 3.05) is 19.7 Å². The lowest BCUT2D eigenvalue weighted by atomic mass is 10.1. The lowest BCUT2D eigenvalue weighted by Crippen LogP contribution is -2.43. The zero-order valence-electron chi connectivity index (χ0n) is 16.8. The maximum atomic E-state index is 12.8. The molecule has 0 aliphatic carbocycles. The van der Waals surface area contributed by atoms with Crippen LogP contribution in [0.15, 0.2) is 73.1 Å². The maximum absolute atomic E-state index is 12.8. The second-order valence-electron chi connectivity index (χ2n) is 7.53. The van der Waals surface area contributed by atoms with Crippen LogP contribution in [-0.4, -0.2) is 44.9 Å². The van der Waals surface area contributed by atoms with Gasteiger partial charge in [0, 0.05) is 12.7 Å². The predicted molar refractivity (Wildman–Crippen MR) is 119 cm³/mol. The van der Waals surface area contributed by atoms with E-state index in [-0.39, 0.29) is 12.0 Å². The van der Waals surface area contributed by atoms with Gasteiger partial charge in [-0.05, 0) is 29.8 Å². The Labute approximate surface area is 185 Å². The van der Waals surface area contributed by atoms with Gasteiger partial charge in [-0.2, -0.15) is 0 Å². The molecule has 0 radical (unpaired) electrons. The molecule has 0 bridgehead atoms. The summed E-state index contributed by atoms with van der Waals surface area (Å²) in [5.41, 5.74) is 4.25. The fourth-order valence-electron chi connectivity index (χ4n) is 3.85. The molecule has 1 aliphatic heterocycles. The molecule has 1 aromatic carbocycles. The van der Waals surface area contributed by atoms with Crippen molar-refractivity contribution in [1.29, 1.82) is 0 Å². The number of halogens is 1. The Balaban J connectivity index is 1.36. The Morgan fingerprint density at radius 3 is 2.84 bits per heavy atom. The number of fused-ring (bicyclic) bond motifs is 1. The topological polar surface area (TPSA) is 59.7 Å². The molecule has 156 valence electrons. The van der Waals surface area contributed by atoms with Crippen molar-refractivity contribution in [3.8, 4) is 11.4 Å². The number of amides is 1. The number of rotatable bonds is 4. The highest BCUT2D eigenvalue weighted by atomic mass is 35.5. The fourth-order valence-corrected chi connectivity index (χ4v) is 4.02. The van der Waals surface area contributed by atoms with Gasteiger partial charge >= 0.3 is 0 Å². The Morgan fingerprint density at radius 1 is 1.10 bits per heavy atom. The van der Waals surface area contributed by atoms with Crippen LogP contribution in [0.25, 0.3) is 17.0 Å². The quantitative estimate of drug-likeness (QED) is 0.485. The highest BCUT2D eigenvalue weighted by Crippen LogP contribution is 2.26. The molecule has 6 nitrogen and oxygen atoms in total. The Hall–Kier alpha value is -3.22. The third-order valence-corrected chi connectivity index (χ3v) is 5.67. The lowest BCUT2D eigenvalue weighted by molar-refractivity contribution is -0.138. The number of carbonyl (C=O) groups excluding carboxylic acids is 1. The SMILES string of the molecule is O=C(Cc1ccccc1)N1CCO[C@H](c2cccc(-c3cnc4ccc(Cl)cn34)n2)C1. The van der Waals surface area contributed by atoms with Crippen molar-refractivity contribution in [3.63, 3.8) is 0 Å². The van der Waals surface area contributed by atoms with Crippen LogP contribution < -0.4 is 0 Å². The standard InChI is InChI=1S/C24H21ClN4O2/c25-18-9-10-23-26-14-21(29(23)15-18)19-7-4-8-20(27-19)22-16-28(11-12-31-22)24(30)13-17-5-2-1-3-6-17/h1-10,14-15,22H,11-13,16H2/t22-/m0/s1. The molecule has 7 heteroatoms. The number of aromatic nitrogens is 3. The molecule has 0 saturated carbocycles. The molecule has 0 unspecified atom stereocenters. The average Bonchev–Trinajstić information content (AvgIpc) is 3.23. The number of carbonyl (C=O) groups is 1. The zero-order valence-corrected chi connectivity index (χ0v) is 17.6. The van der Waals surface area contributed by atoms with Gasteiger partial charge in [-0.1, -0.05) is 48.0 Å². The molecule has 1 amide bonds. The molecule has 5 rings (SSSR count). The van der Waals surface area contributed by atoms with Gasteiger partial charge in [-0.25, -0.2) is 9.97 Å². The largest absolute Gasteiger partial charge is 0.368 e. The first-order valence-corrected chi connectivity index (χ1v) is 10.6. The van der Waals surface area contributed by atoms with Crippen LogP contribution in [0, 0.1) is 0 Å². The number of morpholine rings is 1. The number of hydrogen-bond acceptors (Lipinski definition) is 4. The van der Waals surface area contributed by atoms with Crippen LogP contribution in [0.4, 0.5) is 0 Å². The summed E-state index contributed by atoms with van der Waals surface area (Å²) in [6, 6.07) is 19.3. The number of pyridine rings is 2. The maximum Gasteiger partial charge on any atom is 0.227 e. The smallest absolute Gasteiger partial charge is 0.227 e. The van der Waals surface area contributed by atoms with Gasteiger partial charge < -0.3 is 9.64 Å². The molecular formula is C24H21ClN4O2. The van der Waals surface area contributed by atoms with Crippen molar-refractivity contribution in [3.05, 3.63) is 89.3 Å². The molecule has 1 saturated heterocycles. The molecule has 4 heterocycles. The van der Waals surface area contributed by atoms with E-state index in [4.69, 9.17) is 21.3 Å². The summed E-state index contributed by atoms with van der Waals surface area (Å²) < 4.78 is 7.90. The van der Waals surface area contributed by atoms with Crippen molar-refractivity contribution < 1.29 is 9.53 Å². The van der Waals surface area contributed by atoms with Gasteiger partial charge in [-0.3, -0.25) is 9.20 Å². The number of ether oxygens (including phenoxy) is 1. The minimum Gasteiger partial charge on any atom is -0.368 e. The number of imidazole rings is 1. The second kappa shape index (κ2) is 8.49. The summed E-state index contributed by atoms with van der Waals surface area (Å²) in [5.74, 6) is 0.104. The summed E-state index contributed by atoms with van der Waals surface area (Å²) in [5, 5.41) is 0.631. The van der Waals surface area contributed by atoms with Gasteiger partial charge in [0.05, 0.1) is 47.9 Å². The zero-order chi connectivity index (χ0) is 21.2. The summed E-state index contributed by atoms with van der Waals surface area (Å²) in [4.78, 5) is 23.9. The molecule has 0 N–H and O–H groups in total. The first-order valence-electron chi connectivity index (χ1n) is 10.2. The molecule has 1 aliphatic rings. The van der Waals surface area contributed by atoms with Crippen LogP contribution in [0.3, 0.4) is 0 Å². The summed E-state index contributed by atoms with van der Waals surface area (Å²) in [6.45, 7) is 1.57. The van der Waals surface area contributed by atoms with E-state index in [0.717, 1.165) is 28.3 Å². The average molecular weight is 433 g/mol. The predicted octanol–water partition coefficient (Wildman–Crippen LogP) is 4.19. The van der Waals surface area contributed by atoms with E-state index in [0.29, 0.717) is 31.1 Å². The van der Waals surface area contributed by atoms with E-state index >= 15 is 0 Å². The van der Waals surface area contributed by atoms with E-state index < -0.39 is 0 Å². The van der Waals surface area contributed by atoms with Crippen LogP contribution >= 0.6 is 11.6 Å². The van der Waals surface area contributed by atoms with Crippen molar-refractivity contribution in [1.82, 2.24) is 19.3 Å². The highest BCUT2D eigenvalue weighted by molar-refractivity contribution is 6.30. The summed E-state index contributed by atoms with van der Waals surface area (Å²) in [7, 11) is 0. The first kappa shape index (κ1) is 19.7. The van der Waals surface area contributed by atoms with E-state index in [2.05, 4.69) is 4.98 Å². The van der Waals surface area contributed by atoms with Crippen molar-refractivity contribution in [2.24, 2.45) is 0 Å². The molecule has 1 atom stereocenters. The van der Waals surface area contributed by atoms with Gasteiger partial charge in [-0.15, -0.1) is 0 Å². The van der Waals surface area contributed by atoms with Gasteiger partial charge in [0.2, 0.25) is 5.91 Å². The van der Waals surface area contributed by atoms with E-state index in [9.17, 15) is 4.79 Å². The first-order chi connectivity index (χ1) is 15.2. The molecule has 31 heavy (non-hydrogen) atoms. The molecule has 1 fully saturated rings. The Bertz CT molecular complexity index is 1220. The van der Waals surface area contributed by atoms with Crippen LogP contribution in [0.2, 0.25) is 5.02 Å². The lowest BCUT2D eigenvalue weighted by Gasteiger charge is -2.33. The molecule has 3 aromatic heterocycles. The number of hydrogen-bond donors (Lipinski definition) is 0. The Kier molecular flexibility index (Phi) is 5.40. The summed E-state index contributed by atoms with van der Waals surface area (Å²) in [6.07, 6.45) is 3.74. The highest BCUT2D eigenvalue weighted by Gasteiger charge is 2.26. The molecular weight excluding hydrogens is 412 g/mol. The van der Waals surface area contributed by atoms with E-state index in [1.807, 2.05) is 76.2 Å². The third kappa shape index (κ3) is 4.17. The Morgan fingerprint density at radius 2 is 1.97 bits per heavy atom. The number of benzene rings is 1. The molecule has 0 spiro atoms. The van der Waals surface area contributed by atoms with Crippen LogP contribution in [-0.2, 0) is 16.0 Å². The van der Waals surface area contributed by atoms with E-state index in [1.165, 1.54) is 0 Å². The van der Waals surface area contributed by atoms with Gasteiger partial charge in [0.1, 0.15) is 11.8 Å². The normalized spacial score (nSPS) is 16.5. The van der Waals surface area contributed by atoms with Crippen LogP contribution in [0.1, 0.15) is 17.4 Å². The second-order valence-corrected chi connectivity index (χ2v) is 7.96. The van der Waals surface area contributed by atoms with Gasteiger partial charge in [0.25, 0.3) is 0 Å². The van der Waals surface area contributed by atoms with E-state index in [1.54, 1.807) is 6.20 Å². The summed E-state index contributed by atoms with van der Waals surface area (Å²) >= 11 is 6.17. The fraction of sp³-hybridized carbons (Fsp3) is 0.208. The van der Waals surface area contributed by atoms with Crippen molar-refractivity contribution in [2.45, 2.75) is 12.5 Å². The minimum atomic E-state index is -0.267. The van der Waals surface area contributed by atoms with Gasteiger partial charge in [0.15, 0.2) is 0 Å². The third-order valence-electron chi connectivity index (χ3n) is 5.45. The van der Waals surface area contributed by atoms with Crippen molar-refractivity contribution >= 4 is 23.2 Å². The number of nitrogens with zero attached hydrogens (tertiary/aromatic N) is 4. The minimum absolute atomic E-state index is 0.104.